The molecule has 1 aromatic carbocycles. The molecule has 1 heterocycles. The van der Waals surface area contributed by atoms with Crippen molar-refractivity contribution >= 4 is 11.6 Å². The smallest absolute Gasteiger partial charge is 0.158 e. The largest absolute Gasteiger partial charge is 0.495 e. The van der Waals surface area contributed by atoms with Crippen LogP contribution in [-0.2, 0) is 6.54 Å². The van der Waals surface area contributed by atoms with Gasteiger partial charge in [0.1, 0.15) is 18.1 Å². The van der Waals surface area contributed by atoms with E-state index >= 15 is 0 Å². The molecule has 2 N–H and O–H groups in total. The lowest BCUT2D eigenvalue weighted by molar-refractivity contribution is -0.672. The van der Waals surface area contributed by atoms with Crippen LogP contribution in [0.5, 0.6) is 5.75 Å². The van der Waals surface area contributed by atoms with Crippen molar-refractivity contribution in [3.63, 3.8) is 0 Å². The third-order valence-corrected chi connectivity index (χ3v) is 3.50. The number of nitrogens with two attached hydrogens (primary N) is 1. The number of quaternary nitrogens is 1. The number of rotatable bonds is 7. The molecule has 108 valence electrons. The van der Waals surface area contributed by atoms with Crippen LogP contribution >= 0.6 is 11.6 Å². The molecule has 0 spiro atoms. The molecule has 0 saturated carbocycles. The van der Waals surface area contributed by atoms with E-state index in [2.05, 4.69) is 12.2 Å². The highest BCUT2D eigenvalue weighted by Crippen LogP contribution is 2.30. The van der Waals surface area contributed by atoms with E-state index in [0.717, 1.165) is 30.2 Å². The van der Waals surface area contributed by atoms with Gasteiger partial charge in [0.25, 0.3) is 0 Å². The summed E-state index contributed by atoms with van der Waals surface area (Å²) in [5.74, 6) is 2.51. The summed E-state index contributed by atoms with van der Waals surface area (Å²) >= 11 is 6.13. The first-order valence-electron chi connectivity index (χ1n) is 6.99. The molecule has 3 nitrogen and oxygen atoms in total. The van der Waals surface area contributed by atoms with E-state index < -0.39 is 0 Å². The van der Waals surface area contributed by atoms with Gasteiger partial charge in [-0.15, -0.1) is 0 Å². The summed E-state index contributed by atoms with van der Waals surface area (Å²) in [7, 11) is 1.61. The number of unbranched alkanes of at least 4 members (excludes halogenated alkanes) is 1. The minimum atomic E-state index is 0.595. The fraction of sp³-hybridized carbons (Fsp3) is 0.375. The van der Waals surface area contributed by atoms with E-state index in [0.29, 0.717) is 10.8 Å². The van der Waals surface area contributed by atoms with E-state index in [1.54, 1.807) is 7.11 Å². The quantitative estimate of drug-likeness (QED) is 0.794. The van der Waals surface area contributed by atoms with Gasteiger partial charge in [0.05, 0.1) is 18.7 Å². The minimum absolute atomic E-state index is 0.595. The highest BCUT2D eigenvalue weighted by molar-refractivity contribution is 6.32. The Hall–Kier alpha value is -1.45. The maximum Gasteiger partial charge on any atom is 0.158 e. The zero-order valence-corrected chi connectivity index (χ0v) is 12.7. The van der Waals surface area contributed by atoms with Crippen LogP contribution in [0.4, 0.5) is 0 Å². The van der Waals surface area contributed by atoms with Gasteiger partial charge in [0, 0.05) is 5.56 Å². The predicted octanol–water partition coefficient (Wildman–Crippen LogP) is 3.47. The molecule has 0 fully saturated rings. The average Bonchev–Trinajstić information content (AvgIpc) is 2.92. The van der Waals surface area contributed by atoms with Crippen LogP contribution in [0, 0.1) is 0 Å². The molecular weight excluding hydrogens is 274 g/mol. The fourth-order valence-corrected chi connectivity index (χ4v) is 2.31. The van der Waals surface area contributed by atoms with E-state index in [1.165, 1.54) is 12.8 Å². The van der Waals surface area contributed by atoms with Gasteiger partial charge in [0.15, 0.2) is 5.76 Å². The molecule has 4 heteroatoms. The second kappa shape index (κ2) is 7.36. The first-order chi connectivity index (χ1) is 9.74. The second-order valence-corrected chi connectivity index (χ2v) is 5.16. The van der Waals surface area contributed by atoms with Crippen LogP contribution in [0.3, 0.4) is 0 Å². The Balaban J connectivity index is 2.03. The molecule has 2 aromatic rings. The highest BCUT2D eigenvalue weighted by Gasteiger charge is 2.08. The molecule has 0 amide bonds. The van der Waals surface area contributed by atoms with Crippen molar-refractivity contribution in [2.45, 2.75) is 26.3 Å². The minimum Gasteiger partial charge on any atom is -0.495 e. The number of halogens is 1. The Labute approximate surface area is 124 Å². The Morgan fingerprint density at radius 1 is 1.25 bits per heavy atom. The topological polar surface area (TPSA) is 39.0 Å². The zero-order chi connectivity index (χ0) is 14.4. The summed E-state index contributed by atoms with van der Waals surface area (Å²) in [6.07, 6.45) is 2.46. The first kappa shape index (κ1) is 14.9. The molecule has 0 aliphatic carbocycles. The lowest BCUT2D eigenvalue weighted by Crippen LogP contribution is -2.82. The molecular formula is C16H21ClNO2+. The third kappa shape index (κ3) is 3.78. The van der Waals surface area contributed by atoms with Crippen LogP contribution in [0.2, 0.25) is 5.02 Å². The van der Waals surface area contributed by atoms with Gasteiger partial charge < -0.3 is 14.5 Å². The highest BCUT2D eigenvalue weighted by atomic mass is 35.5. The Kier molecular flexibility index (Phi) is 5.50. The maximum absolute atomic E-state index is 6.13. The Morgan fingerprint density at radius 3 is 2.80 bits per heavy atom. The first-order valence-corrected chi connectivity index (χ1v) is 7.36. The van der Waals surface area contributed by atoms with Gasteiger partial charge in [-0.2, -0.15) is 0 Å². The van der Waals surface area contributed by atoms with E-state index in [-0.39, 0.29) is 0 Å². The molecule has 0 unspecified atom stereocenters. The molecule has 0 aliphatic rings. The Morgan fingerprint density at radius 2 is 2.10 bits per heavy atom. The molecule has 0 saturated heterocycles. The molecule has 0 aliphatic heterocycles. The van der Waals surface area contributed by atoms with Gasteiger partial charge >= 0.3 is 0 Å². The van der Waals surface area contributed by atoms with Gasteiger partial charge in [-0.1, -0.05) is 24.9 Å². The van der Waals surface area contributed by atoms with Crippen molar-refractivity contribution in [1.82, 2.24) is 0 Å². The molecule has 2 rings (SSSR count). The predicted molar refractivity (Wildman–Crippen MR) is 81.1 cm³/mol. The SMILES string of the molecule is CCCC[NH2+]Cc1ccc(-c2ccc(OC)c(Cl)c2)o1. The van der Waals surface area contributed by atoms with Gasteiger partial charge in [0.2, 0.25) is 0 Å². The summed E-state index contributed by atoms with van der Waals surface area (Å²) in [6, 6.07) is 9.68. The van der Waals surface area contributed by atoms with Crippen molar-refractivity contribution in [3.8, 4) is 17.1 Å². The third-order valence-electron chi connectivity index (χ3n) is 3.21. The average molecular weight is 295 g/mol. The molecule has 20 heavy (non-hydrogen) atoms. The normalized spacial score (nSPS) is 10.8. The lowest BCUT2D eigenvalue weighted by atomic mass is 10.2. The molecule has 0 atom stereocenters. The summed E-state index contributed by atoms with van der Waals surface area (Å²) < 4.78 is 11.0. The van der Waals surface area contributed by atoms with Crippen molar-refractivity contribution < 1.29 is 14.5 Å². The van der Waals surface area contributed by atoms with E-state index in [4.69, 9.17) is 20.8 Å². The summed E-state index contributed by atoms with van der Waals surface area (Å²) in [5.41, 5.74) is 0.968. The molecule has 1 aromatic heterocycles. The van der Waals surface area contributed by atoms with Crippen molar-refractivity contribution in [2.24, 2.45) is 0 Å². The summed E-state index contributed by atoms with van der Waals surface area (Å²) in [5, 5.41) is 2.87. The van der Waals surface area contributed by atoms with E-state index in [9.17, 15) is 0 Å². The molecule has 0 bridgehead atoms. The monoisotopic (exact) mass is 294 g/mol. The van der Waals surface area contributed by atoms with E-state index in [1.807, 2.05) is 30.3 Å². The van der Waals surface area contributed by atoms with Crippen molar-refractivity contribution in [2.75, 3.05) is 13.7 Å². The second-order valence-electron chi connectivity index (χ2n) is 4.75. The Bertz CT molecular complexity index is 551. The number of hydrogen-bond donors (Lipinski definition) is 1. The van der Waals surface area contributed by atoms with Crippen LogP contribution in [0.25, 0.3) is 11.3 Å². The number of hydrogen-bond acceptors (Lipinski definition) is 2. The van der Waals surface area contributed by atoms with Crippen LogP contribution in [0.1, 0.15) is 25.5 Å². The number of furan rings is 1. The van der Waals surface area contributed by atoms with Crippen molar-refractivity contribution in [1.29, 1.82) is 0 Å². The fourth-order valence-electron chi connectivity index (χ4n) is 2.06. The van der Waals surface area contributed by atoms with Crippen LogP contribution in [-0.4, -0.2) is 13.7 Å². The van der Waals surface area contributed by atoms with Gasteiger partial charge in [-0.05, 0) is 36.8 Å². The number of ether oxygens (including phenoxy) is 1. The van der Waals surface area contributed by atoms with Crippen LogP contribution in [0.15, 0.2) is 34.7 Å². The summed E-state index contributed by atoms with van der Waals surface area (Å²) in [4.78, 5) is 0. The standard InChI is InChI=1S/C16H20ClNO2/c1-3-4-9-18-11-13-6-8-15(20-13)12-5-7-16(19-2)14(17)10-12/h5-8,10,18H,3-4,9,11H2,1-2H3/p+1. The zero-order valence-electron chi connectivity index (χ0n) is 12.0. The molecule has 0 radical (unpaired) electrons. The summed E-state index contributed by atoms with van der Waals surface area (Å²) in [6.45, 7) is 4.22. The van der Waals surface area contributed by atoms with Gasteiger partial charge in [-0.25, -0.2) is 0 Å². The van der Waals surface area contributed by atoms with Gasteiger partial charge in [-0.3, -0.25) is 0 Å². The lowest BCUT2D eigenvalue weighted by Gasteiger charge is -2.04. The van der Waals surface area contributed by atoms with Crippen molar-refractivity contribution in [3.05, 3.63) is 41.1 Å². The maximum atomic E-state index is 6.13. The number of benzene rings is 1. The number of methoxy groups -OCH3 is 1. The van der Waals surface area contributed by atoms with Crippen LogP contribution < -0.4 is 10.1 Å².